The van der Waals surface area contributed by atoms with Crippen molar-refractivity contribution in [2.45, 2.75) is 156 Å². The van der Waals surface area contributed by atoms with Gasteiger partial charge in [-0.3, -0.25) is 9.59 Å². The van der Waals surface area contributed by atoms with Crippen molar-refractivity contribution in [1.82, 2.24) is 0 Å². The topological polar surface area (TPSA) is 341 Å². The van der Waals surface area contributed by atoms with Crippen LogP contribution in [0.25, 0.3) is 0 Å². The van der Waals surface area contributed by atoms with E-state index in [0.29, 0.717) is 12.8 Å². The van der Waals surface area contributed by atoms with E-state index in [2.05, 4.69) is 6.92 Å². The van der Waals surface area contributed by atoms with Crippen molar-refractivity contribution in [3.63, 3.8) is 0 Å². The molecule has 7 aliphatic rings. The van der Waals surface area contributed by atoms with Gasteiger partial charge in [0, 0.05) is 35.4 Å². The number of rotatable bonds is 12. The van der Waals surface area contributed by atoms with Gasteiger partial charge in [0.2, 0.25) is 0 Å². The lowest BCUT2D eigenvalue weighted by molar-refractivity contribution is -0.317. The maximum atomic E-state index is 13.7. The molecular formula is C40H65N5O14. The number of aliphatic hydroxyl groups is 6. The monoisotopic (exact) mass is 839 g/mol. The van der Waals surface area contributed by atoms with Crippen molar-refractivity contribution in [3.05, 3.63) is 23.8 Å². The van der Waals surface area contributed by atoms with Crippen LogP contribution >= 0.6 is 0 Å². The largest absolute Gasteiger partial charge is 0.393 e. The Morgan fingerprint density at radius 1 is 0.864 bits per heavy atom. The minimum absolute atomic E-state index is 0.0151. The van der Waals surface area contributed by atoms with E-state index in [4.69, 9.17) is 57.1 Å². The third kappa shape index (κ3) is 8.03. The fourth-order valence-electron chi connectivity index (χ4n) is 11.7. The molecule has 0 bridgehead atoms. The van der Waals surface area contributed by atoms with E-state index >= 15 is 0 Å². The third-order valence-corrected chi connectivity index (χ3v) is 15.0. The minimum Gasteiger partial charge on any atom is -0.393 e. The highest BCUT2D eigenvalue weighted by Gasteiger charge is 2.68. The molecule has 2 aliphatic heterocycles. The highest BCUT2D eigenvalue weighted by molar-refractivity contribution is 6.01. The van der Waals surface area contributed by atoms with Crippen molar-refractivity contribution >= 4 is 11.6 Å². The highest BCUT2D eigenvalue weighted by Crippen LogP contribution is 2.67. The molecule has 0 unspecified atom stereocenters. The van der Waals surface area contributed by atoms with Gasteiger partial charge in [-0.1, -0.05) is 25.5 Å². The first-order valence-electron chi connectivity index (χ1n) is 20.9. The van der Waals surface area contributed by atoms with E-state index in [9.17, 15) is 40.2 Å². The van der Waals surface area contributed by atoms with Gasteiger partial charge in [0.25, 0.3) is 0 Å². The first kappa shape index (κ1) is 45.2. The number of Topliss-reactive ketones (excluding diaryl/α,β-unsaturated/α-hetero) is 1. The Morgan fingerprint density at radius 2 is 1.54 bits per heavy atom. The average Bonchev–Trinajstić information content (AvgIpc) is 3.46. The molecule has 59 heavy (non-hydrogen) atoms. The molecule has 16 N–H and O–H groups in total. The minimum atomic E-state index is -1.74. The molecule has 7 rings (SSSR count). The number of hydrogen-bond acceptors (Lipinski definition) is 19. The summed E-state index contributed by atoms with van der Waals surface area (Å²) >= 11 is 0. The summed E-state index contributed by atoms with van der Waals surface area (Å²) in [5, 5.41) is 67.1. The number of ketones is 2. The lowest BCUT2D eigenvalue weighted by Crippen LogP contribution is -2.68. The Balaban J connectivity index is 0.917. The average molecular weight is 840 g/mol. The number of hydrogen-bond donors (Lipinski definition) is 11. The smallest absolute Gasteiger partial charge is 0.190 e. The molecule has 4 saturated carbocycles. The second-order valence-electron chi connectivity index (χ2n) is 18.5. The molecule has 6 fully saturated rings. The Morgan fingerprint density at radius 3 is 2.24 bits per heavy atom. The number of fused-ring (bicyclic) bond motifs is 5. The van der Waals surface area contributed by atoms with Crippen LogP contribution in [0.2, 0.25) is 0 Å². The molecule has 2 saturated heterocycles. The van der Waals surface area contributed by atoms with Crippen molar-refractivity contribution in [3.8, 4) is 0 Å². The predicted octanol–water partition coefficient (Wildman–Crippen LogP) is -3.72. The second-order valence-corrected chi connectivity index (χ2v) is 18.5. The van der Waals surface area contributed by atoms with E-state index in [1.165, 1.54) is 0 Å². The summed E-state index contributed by atoms with van der Waals surface area (Å²) in [4.78, 5) is 25.9. The molecule has 0 aromatic rings. The Hall–Kier alpha value is -1.86. The molecule has 0 aromatic heterocycles. The van der Waals surface area contributed by atoms with E-state index in [-0.39, 0.29) is 62.4 Å². The van der Waals surface area contributed by atoms with Crippen LogP contribution in [-0.4, -0.2) is 166 Å². The normalized spacial score (nSPS) is 51.1. The van der Waals surface area contributed by atoms with Gasteiger partial charge in [0.15, 0.2) is 24.1 Å². The maximum absolute atomic E-state index is 13.7. The summed E-state index contributed by atoms with van der Waals surface area (Å²) in [6.45, 7) is 2.78. The maximum Gasteiger partial charge on any atom is 0.190 e. The van der Waals surface area contributed by atoms with Crippen LogP contribution in [0.5, 0.6) is 0 Å². The van der Waals surface area contributed by atoms with Gasteiger partial charge in [0.1, 0.15) is 55.6 Å². The Labute approximate surface area is 343 Å². The number of carbonyl (C=O) groups excluding carboxylic acids is 2. The summed E-state index contributed by atoms with van der Waals surface area (Å²) in [6, 6.07) is -3.60. The summed E-state index contributed by atoms with van der Waals surface area (Å²) in [5.41, 5.74) is 28.6. The molecule has 2 heterocycles. The fourth-order valence-corrected chi connectivity index (χ4v) is 11.7. The van der Waals surface area contributed by atoms with E-state index in [1.807, 2.05) is 13.0 Å². The van der Waals surface area contributed by atoms with E-state index < -0.39 is 127 Å². The molecule has 0 spiro atoms. The van der Waals surface area contributed by atoms with Crippen LogP contribution in [0.3, 0.4) is 0 Å². The highest BCUT2D eigenvalue weighted by atomic mass is 16.7. The van der Waals surface area contributed by atoms with Gasteiger partial charge in [-0.05, 0) is 68.9 Å². The van der Waals surface area contributed by atoms with Gasteiger partial charge < -0.3 is 87.7 Å². The van der Waals surface area contributed by atoms with Crippen LogP contribution in [0, 0.1) is 28.6 Å². The standard InChI is InChI=1S/C40H65N5O14/c1-38-7-5-18(46)9-17(38)3-4-19-20-6-8-40(53,39(20,2)12-25(48)29(19)38)28(49)15-55-16-54-14-27-31(50)30(45)32(51)37(57-27)59-35-22(43)10-21(42)34(33(35)52)58-36-23(44)11-24(47)26(13-41)56-36/h5,7,9,19-27,29-37,47-48,50-53H,3-4,6,8,10-16,41-45H2,1-2H3/t19-,20-,21-,22+,23+,24-,25-,26+,27+,29+,30-,31+,32+,33-,34+,35-,36+,37+,38-,39-,40-/m0/s1. The van der Waals surface area contributed by atoms with Crippen LogP contribution < -0.4 is 28.7 Å². The lowest BCUT2D eigenvalue weighted by Gasteiger charge is -2.59. The SMILES string of the molecule is C[C@]12C=CC(=O)C=C1CC[C@@H]1[C@@H]2[C@@H](O)C[C@@]2(C)[C@H]1CC[C@]2(O)C(=O)COCOC[C@H]1O[C@H](O[C@@H]2[C@@H](O)[C@H](O[C@H]3O[C@H](CN)[C@@H](O)C[C@H]3N)[C@@H](N)C[C@H]2N)[C@H](O)[C@@H](N)[C@@H]1O. The van der Waals surface area contributed by atoms with Crippen LogP contribution in [0.15, 0.2) is 23.8 Å². The van der Waals surface area contributed by atoms with Crippen LogP contribution in [0.1, 0.15) is 58.8 Å². The van der Waals surface area contributed by atoms with Crippen molar-refractivity contribution in [1.29, 1.82) is 0 Å². The Bertz CT molecular complexity index is 1610. The fraction of sp³-hybridized carbons (Fsp3) is 0.850. The lowest BCUT2D eigenvalue weighted by atomic mass is 9.46. The predicted molar refractivity (Wildman–Crippen MR) is 206 cm³/mol. The summed E-state index contributed by atoms with van der Waals surface area (Å²) < 4.78 is 34.9. The summed E-state index contributed by atoms with van der Waals surface area (Å²) in [5.74, 6) is -0.677. The van der Waals surface area contributed by atoms with Gasteiger partial charge in [-0.15, -0.1) is 0 Å². The summed E-state index contributed by atoms with van der Waals surface area (Å²) in [7, 11) is 0. The molecule has 0 amide bonds. The molecule has 19 nitrogen and oxygen atoms in total. The van der Waals surface area contributed by atoms with Gasteiger partial charge >= 0.3 is 0 Å². The van der Waals surface area contributed by atoms with Gasteiger partial charge in [0.05, 0.1) is 37.0 Å². The van der Waals surface area contributed by atoms with Crippen LogP contribution in [0.4, 0.5) is 0 Å². The third-order valence-electron chi connectivity index (χ3n) is 15.0. The number of aliphatic hydroxyl groups excluding tert-OH is 5. The van der Waals surface area contributed by atoms with E-state index in [0.717, 1.165) is 12.0 Å². The number of nitrogens with two attached hydrogens (primary N) is 5. The molecular weight excluding hydrogens is 774 g/mol. The molecule has 0 aromatic carbocycles. The molecule has 5 aliphatic carbocycles. The Kier molecular flexibility index (Phi) is 13.3. The molecule has 21 atom stereocenters. The molecule has 19 heteroatoms. The molecule has 334 valence electrons. The quantitative estimate of drug-likeness (QED) is 0.0665. The number of allylic oxidation sites excluding steroid dienone is 4. The second kappa shape index (κ2) is 17.4. The van der Waals surface area contributed by atoms with Gasteiger partial charge in [-0.2, -0.15) is 0 Å². The van der Waals surface area contributed by atoms with Crippen molar-refractivity contribution in [2.75, 3.05) is 26.6 Å². The summed E-state index contributed by atoms with van der Waals surface area (Å²) in [6.07, 6.45) is -4.76. The van der Waals surface area contributed by atoms with E-state index in [1.54, 1.807) is 12.2 Å². The first-order chi connectivity index (χ1) is 27.8. The van der Waals surface area contributed by atoms with Crippen molar-refractivity contribution in [2.24, 2.45) is 57.3 Å². The number of carbonyl (C=O) groups is 2. The number of ether oxygens (including phenoxy) is 6. The zero-order chi connectivity index (χ0) is 42.8. The molecule has 0 radical (unpaired) electrons. The van der Waals surface area contributed by atoms with Gasteiger partial charge in [-0.25, -0.2) is 0 Å². The zero-order valence-electron chi connectivity index (χ0n) is 33.7. The zero-order valence-corrected chi connectivity index (χ0v) is 33.7. The van der Waals surface area contributed by atoms with Crippen LogP contribution in [-0.2, 0) is 38.0 Å². The first-order valence-corrected chi connectivity index (χ1v) is 20.9. The van der Waals surface area contributed by atoms with Crippen molar-refractivity contribution < 1.29 is 68.6 Å².